The highest BCUT2D eigenvalue weighted by Gasteiger charge is 2.41. The molecule has 0 saturated carbocycles. The summed E-state index contributed by atoms with van der Waals surface area (Å²) in [7, 11) is 0. The fraction of sp³-hybridized carbons (Fsp3) is 0.250. The molecule has 1 aliphatic heterocycles. The summed E-state index contributed by atoms with van der Waals surface area (Å²) in [5.41, 5.74) is 3.56. The molecule has 0 atom stereocenters. The molecule has 0 saturated heterocycles. The molecule has 0 radical (unpaired) electrons. The average Bonchev–Trinajstić information content (AvgIpc) is 2.89. The Morgan fingerprint density at radius 1 is 1.27 bits per heavy atom. The Labute approximate surface area is 97.6 Å². The summed E-state index contributed by atoms with van der Waals surface area (Å²) in [6.45, 7) is 0. The molecule has 0 bridgehead atoms. The maximum absolute atomic E-state index is 8.92. The van der Waals surface area contributed by atoms with Gasteiger partial charge in [-0.15, -0.1) is 23.5 Å². The standard InChI is InChI=1S/C12H9NS2/c13-8-9-1-2-10-3-4-12(11(10)7-9)14-5-6-15-12/h1-2,5-7H,3-4H2. The maximum atomic E-state index is 8.92. The first-order valence-electron chi connectivity index (χ1n) is 4.88. The summed E-state index contributed by atoms with van der Waals surface area (Å²) in [5, 5.41) is 13.3. The van der Waals surface area contributed by atoms with Crippen LogP contribution in [0.25, 0.3) is 0 Å². The molecule has 1 spiro atoms. The highest BCUT2D eigenvalue weighted by molar-refractivity contribution is 8.22. The van der Waals surface area contributed by atoms with Crippen molar-refractivity contribution in [2.24, 2.45) is 0 Å². The van der Waals surface area contributed by atoms with Crippen LogP contribution in [-0.2, 0) is 10.5 Å². The maximum Gasteiger partial charge on any atom is 0.0991 e. The van der Waals surface area contributed by atoms with Gasteiger partial charge in [-0.2, -0.15) is 5.26 Å². The minimum absolute atomic E-state index is 0.183. The van der Waals surface area contributed by atoms with E-state index in [9.17, 15) is 0 Å². The van der Waals surface area contributed by atoms with Crippen LogP contribution in [0.2, 0.25) is 0 Å². The van der Waals surface area contributed by atoms with Gasteiger partial charge in [0.2, 0.25) is 0 Å². The van der Waals surface area contributed by atoms with Crippen LogP contribution < -0.4 is 0 Å². The summed E-state index contributed by atoms with van der Waals surface area (Å²) < 4.78 is 0.183. The Morgan fingerprint density at radius 2 is 2.07 bits per heavy atom. The van der Waals surface area contributed by atoms with Gasteiger partial charge in [0.25, 0.3) is 0 Å². The van der Waals surface area contributed by atoms with E-state index in [0.29, 0.717) is 0 Å². The van der Waals surface area contributed by atoms with Crippen molar-refractivity contribution in [3.63, 3.8) is 0 Å². The summed E-state index contributed by atoms with van der Waals surface area (Å²) in [4.78, 5) is 0. The van der Waals surface area contributed by atoms with Gasteiger partial charge in [-0.1, -0.05) is 6.07 Å². The van der Waals surface area contributed by atoms with Crippen molar-refractivity contribution in [2.75, 3.05) is 0 Å². The number of benzene rings is 1. The highest BCUT2D eigenvalue weighted by atomic mass is 32.2. The fourth-order valence-electron chi connectivity index (χ4n) is 2.20. The van der Waals surface area contributed by atoms with Gasteiger partial charge in [0.1, 0.15) is 0 Å². The van der Waals surface area contributed by atoms with Crippen LogP contribution in [0.1, 0.15) is 23.1 Å². The lowest BCUT2D eigenvalue weighted by Gasteiger charge is -2.22. The predicted octanol–water partition coefficient (Wildman–Crippen LogP) is 3.61. The number of thioether (sulfide) groups is 2. The highest BCUT2D eigenvalue weighted by Crippen LogP contribution is 2.59. The molecule has 2 aliphatic rings. The first-order chi connectivity index (χ1) is 7.34. The summed E-state index contributed by atoms with van der Waals surface area (Å²) in [6.07, 6.45) is 2.32. The minimum Gasteiger partial charge on any atom is -0.192 e. The Hall–Kier alpha value is -0.850. The van der Waals surface area contributed by atoms with Crippen molar-refractivity contribution in [3.8, 4) is 6.07 Å². The molecule has 1 aromatic rings. The van der Waals surface area contributed by atoms with E-state index >= 15 is 0 Å². The monoisotopic (exact) mass is 231 g/mol. The fourth-order valence-corrected chi connectivity index (χ4v) is 4.71. The van der Waals surface area contributed by atoms with Crippen molar-refractivity contribution in [1.82, 2.24) is 0 Å². The second-order valence-electron chi connectivity index (χ2n) is 3.74. The van der Waals surface area contributed by atoms with Crippen LogP contribution in [0.4, 0.5) is 0 Å². The molecule has 0 unspecified atom stereocenters. The predicted molar refractivity (Wildman–Crippen MR) is 65.5 cm³/mol. The number of nitrogens with zero attached hydrogens (tertiary/aromatic N) is 1. The topological polar surface area (TPSA) is 23.8 Å². The van der Waals surface area contributed by atoms with Gasteiger partial charge in [0, 0.05) is 0 Å². The van der Waals surface area contributed by atoms with E-state index < -0.39 is 0 Å². The molecule has 3 rings (SSSR count). The lowest BCUT2D eigenvalue weighted by atomic mass is 10.1. The zero-order valence-electron chi connectivity index (χ0n) is 8.06. The van der Waals surface area contributed by atoms with E-state index in [-0.39, 0.29) is 4.08 Å². The second-order valence-corrected chi connectivity index (χ2v) is 6.41. The molecule has 0 N–H and O–H groups in total. The van der Waals surface area contributed by atoms with E-state index in [1.165, 1.54) is 17.5 Å². The average molecular weight is 231 g/mol. The van der Waals surface area contributed by atoms with Crippen LogP contribution in [0.5, 0.6) is 0 Å². The van der Waals surface area contributed by atoms with Crippen LogP contribution >= 0.6 is 23.5 Å². The second kappa shape index (κ2) is 3.33. The minimum atomic E-state index is 0.183. The zero-order chi connectivity index (χ0) is 10.3. The summed E-state index contributed by atoms with van der Waals surface area (Å²) in [5.74, 6) is 0. The van der Waals surface area contributed by atoms with Gasteiger partial charge in [-0.05, 0) is 46.9 Å². The van der Waals surface area contributed by atoms with Crippen LogP contribution in [0.15, 0.2) is 29.0 Å². The van der Waals surface area contributed by atoms with Crippen LogP contribution in [-0.4, -0.2) is 0 Å². The summed E-state index contributed by atoms with van der Waals surface area (Å²) in [6, 6.07) is 8.33. The van der Waals surface area contributed by atoms with Gasteiger partial charge in [-0.25, -0.2) is 0 Å². The van der Waals surface area contributed by atoms with Crippen molar-refractivity contribution in [2.45, 2.75) is 16.9 Å². The van der Waals surface area contributed by atoms with Gasteiger partial charge < -0.3 is 0 Å². The zero-order valence-corrected chi connectivity index (χ0v) is 9.70. The molecule has 1 heterocycles. The van der Waals surface area contributed by atoms with Crippen molar-refractivity contribution >= 4 is 23.5 Å². The van der Waals surface area contributed by atoms with Crippen LogP contribution in [0.3, 0.4) is 0 Å². The first-order valence-corrected chi connectivity index (χ1v) is 6.64. The number of hydrogen-bond acceptors (Lipinski definition) is 3. The van der Waals surface area contributed by atoms with E-state index in [4.69, 9.17) is 5.26 Å². The molecular formula is C12H9NS2. The molecule has 1 aromatic carbocycles. The first kappa shape index (κ1) is 9.38. The van der Waals surface area contributed by atoms with Gasteiger partial charge in [0.15, 0.2) is 0 Å². The van der Waals surface area contributed by atoms with E-state index in [2.05, 4.69) is 29.0 Å². The van der Waals surface area contributed by atoms with Gasteiger partial charge in [-0.3, -0.25) is 0 Å². The Morgan fingerprint density at radius 3 is 2.80 bits per heavy atom. The van der Waals surface area contributed by atoms with Crippen molar-refractivity contribution < 1.29 is 0 Å². The van der Waals surface area contributed by atoms with Gasteiger partial charge >= 0.3 is 0 Å². The van der Waals surface area contributed by atoms with Crippen molar-refractivity contribution in [3.05, 3.63) is 45.7 Å². The quantitative estimate of drug-likeness (QED) is 0.681. The van der Waals surface area contributed by atoms with Gasteiger partial charge in [0.05, 0.1) is 15.7 Å². The van der Waals surface area contributed by atoms with E-state index in [1.807, 2.05) is 29.6 Å². The lowest BCUT2D eigenvalue weighted by Crippen LogP contribution is -2.09. The number of nitriles is 1. The van der Waals surface area contributed by atoms with E-state index in [0.717, 1.165) is 12.0 Å². The third kappa shape index (κ3) is 1.32. The SMILES string of the molecule is N#Cc1ccc2c(c1)C1(CC2)SC=CS1. The Bertz CT molecular complexity index is 477. The molecule has 74 valence electrons. The molecule has 1 aliphatic carbocycles. The molecule has 15 heavy (non-hydrogen) atoms. The number of rotatable bonds is 0. The van der Waals surface area contributed by atoms with Crippen molar-refractivity contribution in [1.29, 1.82) is 5.26 Å². The molecule has 3 heteroatoms. The Kier molecular flexibility index (Phi) is 2.08. The van der Waals surface area contributed by atoms with Crippen LogP contribution in [0, 0.1) is 11.3 Å². The normalized spacial score (nSPS) is 20.5. The third-order valence-electron chi connectivity index (χ3n) is 2.95. The van der Waals surface area contributed by atoms with E-state index in [1.54, 1.807) is 0 Å². The number of aryl methyl sites for hydroxylation is 1. The smallest absolute Gasteiger partial charge is 0.0991 e. The largest absolute Gasteiger partial charge is 0.192 e. The Balaban J connectivity index is 2.13. The molecule has 0 fully saturated rings. The third-order valence-corrected chi connectivity index (χ3v) is 5.85. The molecular weight excluding hydrogens is 222 g/mol. The number of fused-ring (bicyclic) bond motifs is 2. The molecule has 0 amide bonds. The molecule has 1 nitrogen and oxygen atoms in total. The molecule has 0 aromatic heterocycles. The lowest BCUT2D eigenvalue weighted by molar-refractivity contribution is 0.845. The summed E-state index contributed by atoms with van der Waals surface area (Å²) >= 11 is 3.77. The number of hydrogen-bond donors (Lipinski definition) is 0.